The molecule has 92 valence electrons. The van der Waals surface area contributed by atoms with E-state index in [1.54, 1.807) is 13.8 Å². The molecule has 1 fully saturated rings. The molecule has 0 aromatic carbocycles. The van der Waals surface area contributed by atoms with Crippen molar-refractivity contribution in [2.45, 2.75) is 25.9 Å². The minimum Gasteiger partial charge on any atom is -0.465 e. The van der Waals surface area contributed by atoms with Crippen molar-refractivity contribution < 1.29 is 23.5 Å². The molecule has 0 heterocycles. The highest BCUT2D eigenvalue weighted by atomic mass is 35.5. The molecule has 0 aromatic heterocycles. The van der Waals surface area contributed by atoms with E-state index >= 15 is 0 Å². The highest BCUT2D eigenvalue weighted by Crippen LogP contribution is 2.61. The first kappa shape index (κ1) is 13.2. The molecule has 1 aliphatic rings. The summed E-state index contributed by atoms with van der Waals surface area (Å²) in [4.78, 5) is 23.2. The summed E-state index contributed by atoms with van der Waals surface area (Å²) in [6.07, 6.45) is -0.263. The molecule has 4 nitrogen and oxygen atoms in total. The number of esters is 2. The summed E-state index contributed by atoms with van der Waals surface area (Å²) in [5.41, 5.74) is -3.88. The topological polar surface area (TPSA) is 52.6 Å². The highest BCUT2D eigenvalue weighted by molar-refractivity contribution is 6.20. The number of halogens is 2. The molecule has 1 unspecified atom stereocenters. The zero-order chi connectivity index (χ0) is 12.4. The zero-order valence-corrected chi connectivity index (χ0v) is 9.97. The maximum absolute atomic E-state index is 14.0. The van der Waals surface area contributed by atoms with Crippen molar-refractivity contribution in [1.82, 2.24) is 0 Å². The van der Waals surface area contributed by atoms with Crippen LogP contribution in [0.3, 0.4) is 0 Å². The van der Waals surface area contributed by atoms with Crippen molar-refractivity contribution in [2.24, 2.45) is 5.41 Å². The Labute approximate surface area is 98.0 Å². The molecule has 0 aliphatic heterocycles. The molecular weight excluding hydrogens is 239 g/mol. The van der Waals surface area contributed by atoms with Gasteiger partial charge in [-0.05, 0) is 13.8 Å². The molecule has 1 rings (SSSR count). The fourth-order valence-corrected chi connectivity index (χ4v) is 1.96. The van der Waals surface area contributed by atoms with Gasteiger partial charge in [0.1, 0.15) is 0 Å². The molecule has 0 radical (unpaired) electrons. The van der Waals surface area contributed by atoms with E-state index < -0.39 is 28.9 Å². The number of ether oxygens (including phenoxy) is 2. The van der Waals surface area contributed by atoms with Crippen molar-refractivity contribution >= 4 is 23.5 Å². The number of alkyl halides is 2. The average Bonchev–Trinajstić information content (AvgIpc) is 2.88. The van der Waals surface area contributed by atoms with Crippen molar-refractivity contribution in [1.29, 1.82) is 0 Å². The van der Waals surface area contributed by atoms with Crippen LogP contribution in [0.15, 0.2) is 0 Å². The number of rotatable bonds is 5. The van der Waals surface area contributed by atoms with E-state index in [1.807, 2.05) is 0 Å². The van der Waals surface area contributed by atoms with Gasteiger partial charge in [-0.3, -0.25) is 9.59 Å². The van der Waals surface area contributed by atoms with Crippen LogP contribution < -0.4 is 0 Å². The highest BCUT2D eigenvalue weighted by Gasteiger charge is 2.80. The lowest BCUT2D eigenvalue weighted by Gasteiger charge is -2.15. The second kappa shape index (κ2) is 4.57. The normalized spacial score (nSPS) is 26.0. The summed E-state index contributed by atoms with van der Waals surface area (Å²) < 4.78 is 23.4. The van der Waals surface area contributed by atoms with Crippen LogP contribution in [0.5, 0.6) is 0 Å². The monoisotopic (exact) mass is 252 g/mol. The van der Waals surface area contributed by atoms with Crippen LogP contribution in [0, 0.1) is 5.41 Å². The van der Waals surface area contributed by atoms with Gasteiger partial charge in [-0.2, -0.15) is 0 Å². The first-order valence-electron chi connectivity index (χ1n) is 5.07. The van der Waals surface area contributed by atoms with Gasteiger partial charge in [0.2, 0.25) is 5.41 Å². The Balaban J connectivity index is 2.90. The van der Waals surface area contributed by atoms with Crippen molar-refractivity contribution in [3.63, 3.8) is 0 Å². The Hall–Kier alpha value is -0.840. The van der Waals surface area contributed by atoms with Crippen LogP contribution in [0.4, 0.5) is 4.39 Å². The van der Waals surface area contributed by atoms with E-state index in [-0.39, 0.29) is 19.6 Å². The van der Waals surface area contributed by atoms with Gasteiger partial charge in [-0.25, -0.2) is 4.39 Å². The second-order valence-electron chi connectivity index (χ2n) is 3.62. The molecule has 1 saturated carbocycles. The van der Waals surface area contributed by atoms with Crippen LogP contribution in [0.2, 0.25) is 0 Å². The molecule has 6 heteroatoms. The molecular formula is C10H14ClFO4. The van der Waals surface area contributed by atoms with Crippen molar-refractivity contribution in [3.8, 4) is 0 Å². The third-order valence-electron chi connectivity index (χ3n) is 2.64. The number of hydrogen-bond acceptors (Lipinski definition) is 4. The summed E-state index contributed by atoms with van der Waals surface area (Å²) in [6.45, 7) is 3.33. The van der Waals surface area contributed by atoms with E-state index in [0.29, 0.717) is 0 Å². The predicted octanol–water partition coefficient (Wildman–Crippen LogP) is 1.45. The molecule has 0 aromatic rings. The van der Waals surface area contributed by atoms with Gasteiger partial charge in [-0.15, -0.1) is 11.6 Å². The van der Waals surface area contributed by atoms with Gasteiger partial charge in [0.15, 0.2) is 5.67 Å². The summed E-state index contributed by atoms with van der Waals surface area (Å²) in [6, 6.07) is 0. The minimum atomic E-state index is -2.03. The van der Waals surface area contributed by atoms with Gasteiger partial charge in [0.05, 0.1) is 19.1 Å². The summed E-state index contributed by atoms with van der Waals surface area (Å²) in [5, 5.41) is 0. The van der Waals surface area contributed by atoms with Crippen LogP contribution >= 0.6 is 11.6 Å². The van der Waals surface area contributed by atoms with Crippen LogP contribution in [0.25, 0.3) is 0 Å². The lowest BCUT2D eigenvalue weighted by molar-refractivity contribution is -0.166. The maximum Gasteiger partial charge on any atom is 0.327 e. The largest absolute Gasteiger partial charge is 0.465 e. The van der Waals surface area contributed by atoms with Gasteiger partial charge < -0.3 is 9.47 Å². The van der Waals surface area contributed by atoms with Crippen LogP contribution in [-0.2, 0) is 19.1 Å². The van der Waals surface area contributed by atoms with Crippen molar-refractivity contribution in [3.05, 3.63) is 0 Å². The first-order valence-corrected chi connectivity index (χ1v) is 5.61. The third kappa shape index (κ3) is 1.77. The summed E-state index contributed by atoms with van der Waals surface area (Å²) in [5.74, 6) is -2.21. The number of carbonyl (C=O) groups is 2. The maximum atomic E-state index is 14.0. The third-order valence-corrected chi connectivity index (χ3v) is 3.07. The van der Waals surface area contributed by atoms with Gasteiger partial charge >= 0.3 is 11.9 Å². The van der Waals surface area contributed by atoms with Gasteiger partial charge in [0.25, 0.3) is 0 Å². The Morgan fingerprint density at radius 1 is 1.25 bits per heavy atom. The quantitative estimate of drug-likeness (QED) is 0.422. The van der Waals surface area contributed by atoms with E-state index in [4.69, 9.17) is 21.1 Å². The summed E-state index contributed by atoms with van der Waals surface area (Å²) >= 11 is 5.42. The van der Waals surface area contributed by atoms with Crippen molar-refractivity contribution in [2.75, 3.05) is 19.1 Å². The van der Waals surface area contributed by atoms with E-state index in [1.165, 1.54) is 0 Å². The molecule has 1 aliphatic carbocycles. The Morgan fingerprint density at radius 2 is 1.69 bits per heavy atom. The Morgan fingerprint density at radius 3 is 1.94 bits per heavy atom. The number of carbonyl (C=O) groups excluding carboxylic acids is 2. The molecule has 0 spiro atoms. The zero-order valence-electron chi connectivity index (χ0n) is 9.22. The summed E-state index contributed by atoms with van der Waals surface area (Å²) in [7, 11) is 0. The van der Waals surface area contributed by atoms with Crippen LogP contribution in [-0.4, -0.2) is 36.7 Å². The lowest BCUT2D eigenvalue weighted by atomic mass is 10.0. The smallest absolute Gasteiger partial charge is 0.327 e. The fraction of sp³-hybridized carbons (Fsp3) is 0.800. The molecule has 16 heavy (non-hydrogen) atoms. The average molecular weight is 253 g/mol. The molecule has 0 amide bonds. The Bertz CT molecular complexity index is 289. The molecule has 0 saturated heterocycles. The standard InChI is InChI=1S/C10H14ClFO4/c1-3-15-7(13)10(8(14)16-4-2)5-9(10,12)6-11/h3-6H2,1-2H3. The van der Waals surface area contributed by atoms with E-state index in [0.717, 1.165) is 0 Å². The van der Waals surface area contributed by atoms with Gasteiger partial charge in [0, 0.05) is 6.42 Å². The molecule has 0 bridgehead atoms. The van der Waals surface area contributed by atoms with Crippen LogP contribution in [0.1, 0.15) is 20.3 Å². The first-order chi connectivity index (χ1) is 7.48. The lowest BCUT2D eigenvalue weighted by Crippen LogP contribution is -2.37. The fourth-order valence-electron chi connectivity index (χ4n) is 1.64. The molecule has 0 N–H and O–H groups in total. The second-order valence-corrected chi connectivity index (χ2v) is 3.89. The molecule has 1 atom stereocenters. The Kier molecular flexibility index (Phi) is 3.78. The SMILES string of the molecule is CCOC(=O)C1(C(=O)OCC)CC1(F)CCl. The van der Waals surface area contributed by atoms with E-state index in [2.05, 4.69) is 0 Å². The van der Waals surface area contributed by atoms with Gasteiger partial charge in [-0.1, -0.05) is 0 Å². The van der Waals surface area contributed by atoms with E-state index in [9.17, 15) is 14.0 Å². The minimum absolute atomic E-state index is 0.0817. The number of hydrogen-bond donors (Lipinski definition) is 0. The predicted molar refractivity (Wildman–Crippen MR) is 54.9 cm³/mol.